The molecule has 152 valence electrons. The van der Waals surface area contributed by atoms with Crippen molar-refractivity contribution >= 4 is 22.8 Å². The van der Waals surface area contributed by atoms with Gasteiger partial charge >= 0.3 is 0 Å². The number of furan rings is 1. The maximum atomic E-state index is 12.7. The number of rotatable bonds is 5. The Labute approximate surface area is 165 Å². The third-order valence-electron chi connectivity index (χ3n) is 4.81. The van der Waals surface area contributed by atoms with E-state index in [9.17, 15) is 9.59 Å². The topological polar surface area (TPSA) is 75.0 Å². The molecule has 0 unspecified atom stereocenters. The van der Waals surface area contributed by atoms with Crippen molar-refractivity contribution in [2.45, 2.75) is 32.7 Å². The molecule has 7 nitrogen and oxygen atoms in total. The summed E-state index contributed by atoms with van der Waals surface area (Å²) in [6.45, 7) is 8.94. The van der Waals surface area contributed by atoms with Gasteiger partial charge in [-0.2, -0.15) is 0 Å². The Morgan fingerprint density at radius 3 is 2.54 bits per heavy atom. The molecule has 2 amide bonds. The number of hydrogen-bond acceptors (Lipinski definition) is 5. The van der Waals surface area contributed by atoms with Crippen molar-refractivity contribution in [3.8, 4) is 5.75 Å². The summed E-state index contributed by atoms with van der Waals surface area (Å²) in [6, 6.07) is 5.62. The molecule has 1 aromatic carbocycles. The molecule has 0 saturated carbocycles. The van der Waals surface area contributed by atoms with Crippen LogP contribution in [0.5, 0.6) is 5.75 Å². The first kappa shape index (κ1) is 20.2. The van der Waals surface area contributed by atoms with Crippen molar-refractivity contribution in [1.82, 2.24) is 15.1 Å². The molecule has 1 fully saturated rings. The van der Waals surface area contributed by atoms with Crippen molar-refractivity contribution in [3.63, 3.8) is 0 Å². The summed E-state index contributed by atoms with van der Waals surface area (Å²) in [5.74, 6) is 0.830. The quantitative estimate of drug-likeness (QED) is 0.850. The van der Waals surface area contributed by atoms with E-state index in [0.717, 1.165) is 22.3 Å². The third kappa shape index (κ3) is 5.04. The predicted molar refractivity (Wildman–Crippen MR) is 107 cm³/mol. The zero-order valence-electron chi connectivity index (χ0n) is 17.1. The van der Waals surface area contributed by atoms with Gasteiger partial charge in [-0.25, -0.2) is 0 Å². The summed E-state index contributed by atoms with van der Waals surface area (Å²) in [6.07, 6.45) is 1.96. The second-order valence-electron chi connectivity index (χ2n) is 8.25. The molecular weight excluding hydrogens is 358 g/mol. The lowest BCUT2D eigenvalue weighted by Crippen LogP contribution is -2.53. The summed E-state index contributed by atoms with van der Waals surface area (Å²) in [5.41, 5.74) is 1.37. The lowest BCUT2D eigenvalue weighted by Gasteiger charge is -2.35. The van der Waals surface area contributed by atoms with Gasteiger partial charge in [-0.1, -0.05) is 0 Å². The summed E-state index contributed by atoms with van der Waals surface area (Å²) < 4.78 is 10.8. The fraction of sp³-hybridized carbons (Fsp3) is 0.524. The van der Waals surface area contributed by atoms with Crippen molar-refractivity contribution in [2.75, 3.05) is 39.8 Å². The van der Waals surface area contributed by atoms with Crippen LogP contribution in [0.1, 0.15) is 26.3 Å². The first-order chi connectivity index (χ1) is 13.2. The number of piperazine rings is 1. The molecule has 1 aromatic heterocycles. The van der Waals surface area contributed by atoms with Gasteiger partial charge in [0.25, 0.3) is 0 Å². The van der Waals surface area contributed by atoms with E-state index in [0.29, 0.717) is 39.1 Å². The monoisotopic (exact) mass is 387 g/mol. The van der Waals surface area contributed by atoms with Crippen molar-refractivity contribution in [2.24, 2.45) is 0 Å². The van der Waals surface area contributed by atoms with E-state index >= 15 is 0 Å². The van der Waals surface area contributed by atoms with Crippen LogP contribution in [0.3, 0.4) is 0 Å². The zero-order chi connectivity index (χ0) is 20.3. The molecule has 0 spiro atoms. The average molecular weight is 387 g/mol. The highest BCUT2D eigenvalue weighted by atomic mass is 16.5. The number of nitrogens with zero attached hydrogens (tertiary/aromatic N) is 2. The van der Waals surface area contributed by atoms with Crippen molar-refractivity contribution < 1.29 is 18.7 Å². The number of hydrogen-bond donors (Lipinski definition) is 1. The highest BCUT2D eigenvalue weighted by Crippen LogP contribution is 2.26. The van der Waals surface area contributed by atoms with E-state index in [1.165, 1.54) is 0 Å². The lowest BCUT2D eigenvalue weighted by atomic mass is 10.1. The Morgan fingerprint density at radius 1 is 1.18 bits per heavy atom. The number of carbonyl (C=O) groups is 2. The Balaban J connectivity index is 1.52. The maximum absolute atomic E-state index is 12.7. The number of ether oxygens (including phenoxy) is 1. The van der Waals surface area contributed by atoms with Gasteiger partial charge in [0.2, 0.25) is 11.8 Å². The van der Waals surface area contributed by atoms with Gasteiger partial charge in [-0.15, -0.1) is 0 Å². The van der Waals surface area contributed by atoms with Crippen LogP contribution in [0.25, 0.3) is 11.0 Å². The van der Waals surface area contributed by atoms with Crippen LogP contribution in [-0.2, 0) is 16.0 Å². The van der Waals surface area contributed by atoms with Crippen LogP contribution < -0.4 is 10.1 Å². The predicted octanol–water partition coefficient (Wildman–Crippen LogP) is 2.04. The fourth-order valence-electron chi connectivity index (χ4n) is 3.42. The summed E-state index contributed by atoms with van der Waals surface area (Å²) in [7, 11) is 1.61. The molecule has 1 aliphatic heterocycles. The highest BCUT2D eigenvalue weighted by molar-refractivity contribution is 5.88. The summed E-state index contributed by atoms with van der Waals surface area (Å²) in [5, 5.41) is 3.91. The molecule has 0 atom stereocenters. The minimum Gasteiger partial charge on any atom is -0.497 e. The molecule has 0 bridgehead atoms. The zero-order valence-corrected chi connectivity index (χ0v) is 17.1. The Hall–Kier alpha value is -2.54. The van der Waals surface area contributed by atoms with Crippen LogP contribution in [0, 0.1) is 0 Å². The van der Waals surface area contributed by atoms with Crippen LogP contribution in [0.15, 0.2) is 28.9 Å². The van der Waals surface area contributed by atoms with Crippen molar-refractivity contribution in [3.05, 3.63) is 30.0 Å². The lowest BCUT2D eigenvalue weighted by molar-refractivity contribution is -0.132. The molecule has 3 rings (SSSR count). The number of carbonyl (C=O) groups excluding carboxylic acids is 2. The van der Waals surface area contributed by atoms with Crippen LogP contribution in [-0.4, -0.2) is 67.0 Å². The number of nitrogens with one attached hydrogen (secondary N) is 1. The normalized spacial score (nSPS) is 15.6. The SMILES string of the molecule is COc1ccc2c(CC(=O)N3CCN(CC(=O)NC(C)(C)C)CC3)coc2c1. The first-order valence-corrected chi connectivity index (χ1v) is 9.60. The van der Waals surface area contributed by atoms with Gasteiger partial charge in [0, 0.05) is 48.7 Å². The number of amides is 2. The van der Waals surface area contributed by atoms with E-state index in [4.69, 9.17) is 9.15 Å². The highest BCUT2D eigenvalue weighted by Gasteiger charge is 2.24. The molecule has 0 radical (unpaired) electrons. The molecule has 28 heavy (non-hydrogen) atoms. The van der Waals surface area contributed by atoms with E-state index in [1.54, 1.807) is 13.4 Å². The Morgan fingerprint density at radius 2 is 1.89 bits per heavy atom. The van der Waals surface area contributed by atoms with Gasteiger partial charge in [0.1, 0.15) is 11.3 Å². The molecule has 2 aromatic rings. The largest absolute Gasteiger partial charge is 0.497 e. The Kier molecular flexibility index (Phi) is 5.93. The first-order valence-electron chi connectivity index (χ1n) is 9.60. The van der Waals surface area contributed by atoms with Crippen LogP contribution in [0.4, 0.5) is 0 Å². The third-order valence-corrected chi connectivity index (χ3v) is 4.81. The number of benzene rings is 1. The second kappa shape index (κ2) is 8.22. The van der Waals surface area contributed by atoms with Crippen LogP contribution >= 0.6 is 0 Å². The summed E-state index contributed by atoms with van der Waals surface area (Å²) in [4.78, 5) is 28.7. The van der Waals surface area contributed by atoms with Gasteiger partial charge in [-0.3, -0.25) is 14.5 Å². The van der Waals surface area contributed by atoms with E-state index in [1.807, 2.05) is 43.9 Å². The molecule has 0 aliphatic carbocycles. The summed E-state index contributed by atoms with van der Waals surface area (Å²) >= 11 is 0. The minimum atomic E-state index is -0.230. The molecular formula is C21H29N3O4. The number of fused-ring (bicyclic) bond motifs is 1. The Bertz CT molecular complexity index is 845. The van der Waals surface area contributed by atoms with E-state index < -0.39 is 0 Å². The van der Waals surface area contributed by atoms with Gasteiger partial charge < -0.3 is 19.4 Å². The van der Waals surface area contributed by atoms with Crippen LogP contribution in [0.2, 0.25) is 0 Å². The van der Waals surface area contributed by atoms with Gasteiger partial charge in [0.15, 0.2) is 0 Å². The second-order valence-corrected chi connectivity index (χ2v) is 8.25. The van der Waals surface area contributed by atoms with Crippen molar-refractivity contribution in [1.29, 1.82) is 0 Å². The minimum absolute atomic E-state index is 0.0209. The molecule has 1 aliphatic rings. The smallest absolute Gasteiger partial charge is 0.234 e. The average Bonchev–Trinajstić information content (AvgIpc) is 3.02. The van der Waals surface area contributed by atoms with Gasteiger partial charge in [-0.05, 0) is 32.9 Å². The maximum Gasteiger partial charge on any atom is 0.234 e. The van der Waals surface area contributed by atoms with E-state index in [2.05, 4.69) is 10.2 Å². The molecule has 1 saturated heterocycles. The number of methoxy groups -OCH3 is 1. The fourth-order valence-corrected chi connectivity index (χ4v) is 3.42. The van der Waals surface area contributed by atoms with Gasteiger partial charge in [0.05, 0.1) is 26.3 Å². The molecule has 1 N–H and O–H groups in total. The molecule has 2 heterocycles. The van der Waals surface area contributed by atoms with E-state index in [-0.39, 0.29) is 17.4 Å². The standard InChI is InChI=1S/C21H29N3O4/c1-21(2,3)22-19(25)13-23-7-9-24(10-8-23)20(26)11-15-14-28-18-12-16(27-4)5-6-17(15)18/h5-6,12,14H,7-11,13H2,1-4H3,(H,22,25). The molecule has 7 heteroatoms.